The molecule has 0 aliphatic rings. The molecule has 9 heteroatoms. The summed E-state index contributed by atoms with van der Waals surface area (Å²) in [5.74, 6) is 5.71. The first-order valence-corrected chi connectivity index (χ1v) is 8.26. The number of nitrogens with one attached hydrogen (secondary N) is 1. The van der Waals surface area contributed by atoms with E-state index in [9.17, 15) is 9.59 Å². The maximum atomic E-state index is 11.7. The Labute approximate surface area is 155 Å². The minimum absolute atomic E-state index is 0.126. The standard InChI is InChI=1S/C18H19N7O2/c1-11(6-8-26)25(20)18-22-10-14(16(19)27)17(24-18)23-13-4-5-15-12(9-13)3-2-7-21-15/h2-5,7-11H,6,20H2,1H3,(H2,19,27)(H,22,23,24)/t11-/m1/s1. The molecule has 1 aromatic carbocycles. The highest BCUT2D eigenvalue weighted by Gasteiger charge is 2.18. The molecule has 1 amide bonds. The fourth-order valence-electron chi connectivity index (χ4n) is 2.51. The third-order valence-electron chi connectivity index (χ3n) is 4.05. The van der Waals surface area contributed by atoms with Crippen molar-refractivity contribution in [2.24, 2.45) is 11.6 Å². The monoisotopic (exact) mass is 365 g/mol. The normalized spacial score (nSPS) is 11.8. The highest BCUT2D eigenvalue weighted by molar-refractivity contribution is 5.98. The number of primary amides is 1. The highest BCUT2D eigenvalue weighted by Crippen LogP contribution is 2.23. The fourth-order valence-corrected chi connectivity index (χ4v) is 2.51. The first kappa shape index (κ1) is 18.2. The molecule has 3 aromatic rings. The molecule has 2 heterocycles. The Hall–Kier alpha value is -3.59. The van der Waals surface area contributed by atoms with Gasteiger partial charge in [-0.05, 0) is 31.2 Å². The minimum Gasteiger partial charge on any atom is -0.365 e. The summed E-state index contributed by atoms with van der Waals surface area (Å²) in [6.07, 6.45) is 4.01. The van der Waals surface area contributed by atoms with Gasteiger partial charge >= 0.3 is 0 Å². The number of hydrogen-bond acceptors (Lipinski definition) is 8. The Morgan fingerprint density at radius 2 is 2.15 bits per heavy atom. The number of aldehydes is 1. The van der Waals surface area contributed by atoms with Crippen molar-refractivity contribution >= 4 is 40.5 Å². The molecule has 0 aliphatic heterocycles. The quantitative estimate of drug-likeness (QED) is 0.325. The lowest BCUT2D eigenvalue weighted by Crippen LogP contribution is -2.41. The van der Waals surface area contributed by atoms with Crippen LogP contribution in [-0.2, 0) is 4.79 Å². The van der Waals surface area contributed by atoms with Crippen molar-refractivity contribution in [2.75, 3.05) is 10.3 Å². The summed E-state index contributed by atoms with van der Waals surface area (Å²) in [6.45, 7) is 1.77. The van der Waals surface area contributed by atoms with E-state index in [4.69, 9.17) is 11.6 Å². The Morgan fingerprint density at radius 3 is 2.89 bits per heavy atom. The van der Waals surface area contributed by atoms with E-state index < -0.39 is 5.91 Å². The molecule has 0 fully saturated rings. The number of carbonyl (C=O) groups is 2. The van der Waals surface area contributed by atoms with Gasteiger partial charge in [0.1, 0.15) is 17.7 Å². The number of amides is 1. The van der Waals surface area contributed by atoms with Crippen LogP contribution in [0.1, 0.15) is 23.7 Å². The second kappa shape index (κ2) is 7.75. The van der Waals surface area contributed by atoms with Crippen LogP contribution in [0.15, 0.2) is 42.7 Å². The molecule has 0 unspecified atom stereocenters. The molecule has 3 rings (SSSR count). The maximum Gasteiger partial charge on any atom is 0.254 e. The lowest BCUT2D eigenvalue weighted by Gasteiger charge is -2.23. The number of anilines is 3. The van der Waals surface area contributed by atoms with Crippen LogP contribution in [0, 0.1) is 0 Å². The summed E-state index contributed by atoms with van der Waals surface area (Å²) in [5, 5.41) is 5.28. The number of pyridine rings is 1. The van der Waals surface area contributed by atoms with E-state index in [1.807, 2.05) is 30.3 Å². The smallest absolute Gasteiger partial charge is 0.254 e. The molecular weight excluding hydrogens is 346 g/mol. The van der Waals surface area contributed by atoms with E-state index >= 15 is 0 Å². The van der Waals surface area contributed by atoms with E-state index in [1.54, 1.807) is 13.1 Å². The lowest BCUT2D eigenvalue weighted by molar-refractivity contribution is -0.108. The summed E-state index contributed by atoms with van der Waals surface area (Å²) in [6, 6.07) is 9.01. The number of hydrogen-bond donors (Lipinski definition) is 3. The number of nitrogens with two attached hydrogens (primary N) is 2. The zero-order chi connectivity index (χ0) is 19.4. The second-order valence-corrected chi connectivity index (χ2v) is 5.99. The van der Waals surface area contributed by atoms with Crippen molar-refractivity contribution in [1.29, 1.82) is 0 Å². The first-order chi connectivity index (χ1) is 13.0. The maximum absolute atomic E-state index is 11.7. The van der Waals surface area contributed by atoms with Crippen molar-refractivity contribution in [2.45, 2.75) is 19.4 Å². The van der Waals surface area contributed by atoms with E-state index in [1.165, 1.54) is 11.2 Å². The van der Waals surface area contributed by atoms with Crippen LogP contribution in [-0.4, -0.2) is 33.2 Å². The number of aromatic nitrogens is 3. The third-order valence-corrected chi connectivity index (χ3v) is 4.05. The number of hydrazine groups is 1. The summed E-state index contributed by atoms with van der Waals surface area (Å²) in [5.41, 5.74) is 7.10. The third kappa shape index (κ3) is 3.98. The summed E-state index contributed by atoms with van der Waals surface area (Å²) < 4.78 is 0. The van der Waals surface area contributed by atoms with Crippen molar-refractivity contribution in [3.63, 3.8) is 0 Å². The molecule has 0 spiro atoms. The molecule has 0 bridgehead atoms. The number of nitrogens with zero attached hydrogens (tertiary/aromatic N) is 4. The van der Waals surface area contributed by atoms with Crippen LogP contribution in [0.25, 0.3) is 10.9 Å². The van der Waals surface area contributed by atoms with Crippen LogP contribution in [0.5, 0.6) is 0 Å². The van der Waals surface area contributed by atoms with Gasteiger partial charge in [-0.1, -0.05) is 6.07 Å². The molecule has 9 nitrogen and oxygen atoms in total. The molecular formula is C18H19N7O2. The van der Waals surface area contributed by atoms with Gasteiger partial charge in [-0.2, -0.15) is 4.98 Å². The number of rotatable bonds is 7. The summed E-state index contributed by atoms with van der Waals surface area (Å²) in [7, 11) is 0. The molecule has 0 radical (unpaired) electrons. The lowest BCUT2D eigenvalue weighted by atomic mass is 10.2. The van der Waals surface area contributed by atoms with Crippen LogP contribution < -0.4 is 21.9 Å². The Balaban J connectivity index is 1.96. The number of fused-ring (bicyclic) bond motifs is 1. The van der Waals surface area contributed by atoms with Crippen molar-refractivity contribution in [1.82, 2.24) is 15.0 Å². The highest BCUT2D eigenvalue weighted by atomic mass is 16.1. The molecule has 138 valence electrons. The predicted octanol–water partition coefficient (Wildman–Crippen LogP) is 1.52. The Morgan fingerprint density at radius 1 is 1.33 bits per heavy atom. The van der Waals surface area contributed by atoms with Gasteiger partial charge in [-0.15, -0.1) is 0 Å². The summed E-state index contributed by atoms with van der Waals surface area (Å²) >= 11 is 0. The fraction of sp³-hybridized carbons (Fsp3) is 0.167. The number of benzene rings is 1. The predicted molar refractivity (Wildman–Crippen MR) is 102 cm³/mol. The van der Waals surface area contributed by atoms with E-state index in [-0.39, 0.29) is 29.8 Å². The second-order valence-electron chi connectivity index (χ2n) is 5.99. The van der Waals surface area contributed by atoms with Gasteiger partial charge < -0.3 is 15.8 Å². The number of carbonyl (C=O) groups excluding carboxylic acids is 2. The SMILES string of the molecule is C[C@H](CC=O)N(N)c1ncc(C(N)=O)c(Nc2ccc3ncccc3c2)n1. The minimum atomic E-state index is -0.670. The van der Waals surface area contributed by atoms with E-state index in [0.29, 0.717) is 5.69 Å². The van der Waals surface area contributed by atoms with Gasteiger partial charge in [0.2, 0.25) is 5.95 Å². The topological polar surface area (TPSA) is 140 Å². The Bertz CT molecular complexity index is 992. The Kier molecular flexibility index (Phi) is 5.23. The van der Waals surface area contributed by atoms with Crippen LogP contribution in [0.3, 0.4) is 0 Å². The van der Waals surface area contributed by atoms with E-state index in [2.05, 4.69) is 20.3 Å². The molecule has 0 saturated carbocycles. The molecule has 0 saturated heterocycles. The first-order valence-electron chi connectivity index (χ1n) is 8.26. The average molecular weight is 365 g/mol. The van der Waals surface area contributed by atoms with Crippen molar-refractivity contribution < 1.29 is 9.59 Å². The van der Waals surface area contributed by atoms with Gasteiger partial charge in [0.05, 0.1) is 11.6 Å². The van der Waals surface area contributed by atoms with Crippen LogP contribution in [0.2, 0.25) is 0 Å². The molecule has 5 N–H and O–H groups in total. The molecule has 27 heavy (non-hydrogen) atoms. The largest absolute Gasteiger partial charge is 0.365 e. The van der Waals surface area contributed by atoms with Crippen LogP contribution in [0.4, 0.5) is 17.5 Å². The van der Waals surface area contributed by atoms with E-state index in [0.717, 1.165) is 17.2 Å². The van der Waals surface area contributed by atoms with Crippen LogP contribution >= 0.6 is 0 Å². The average Bonchev–Trinajstić information content (AvgIpc) is 2.67. The van der Waals surface area contributed by atoms with Crippen molar-refractivity contribution in [3.8, 4) is 0 Å². The summed E-state index contributed by atoms with van der Waals surface area (Å²) in [4.78, 5) is 35.1. The van der Waals surface area contributed by atoms with Gasteiger partial charge in [0, 0.05) is 29.9 Å². The zero-order valence-corrected chi connectivity index (χ0v) is 14.7. The van der Waals surface area contributed by atoms with Gasteiger partial charge in [-0.25, -0.2) is 10.8 Å². The molecule has 1 atom stereocenters. The van der Waals surface area contributed by atoms with Gasteiger partial charge in [0.25, 0.3) is 5.91 Å². The van der Waals surface area contributed by atoms with Gasteiger partial charge in [0.15, 0.2) is 0 Å². The molecule has 2 aromatic heterocycles. The molecule has 0 aliphatic carbocycles. The zero-order valence-electron chi connectivity index (χ0n) is 14.7. The van der Waals surface area contributed by atoms with Gasteiger partial charge in [-0.3, -0.25) is 14.8 Å². The van der Waals surface area contributed by atoms with Crippen molar-refractivity contribution in [3.05, 3.63) is 48.3 Å².